The fraction of sp³-hybridized carbons (Fsp3) is 0.483. The summed E-state index contributed by atoms with van der Waals surface area (Å²) in [5, 5.41) is 22.0. The second-order valence-electron chi connectivity index (χ2n) is 10.7. The van der Waals surface area contributed by atoms with Crippen LogP contribution < -0.4 is 14.7 Å². The van der Waals surface area contributed by atoms with Gasteiger partial charge >= 0.3 is 0 Å². The van der Waals surface area contributed by atoms with Crippen molar-refractivity contribution in [1.82, 2.24) is 19.8 Å². The van der Waals surface area contributed by atoms with Crippen LogP contribution in [-0.4, -0.2) is 108 Å². The molecule has 1 amide bonds. The first-order valence-corrected chi connectivity index (χ1v) is 14.0. The smallest absolute Gasteiger partial charge is 0.227 e. The number of benzene rings is 2. The van der Waals surface area contributed by atoms with E-state index < -0.39 is 0 Å². The summed E-state index contributed by atoms with van der Waals surface area (Å²) in [4.78, 5) is 33.3. The molecule has 2 fully saturated rings. The third-order valence-corrected chi connectivity index (χ3v) is 8.29. The van der Waals surface area contributed by atoms with Gasteiger partial charge in [0.1, 0.15) is 11.6 Å². The summed E-state index contributed by atoms with van der Waals surface area (Å²) in [6.45, 7) is 10.2. The predicted octanol–water partition coefficient (Wildman–Crippen LogP) is 1.68. The van der Waals surface area contributed by atoms with E-state index in [9.17, 15) is 15.0 Å². The van der Waals surface area contributed by atoms with Crippen LogP contribution >= 0.6 is 0 Å². The molecule has 39 heavy (non-hydrogen) atoms. The van der Waals surface area contributed by atoms with Crippen LogP contribution in [0.2, 0.25) is 0 Å². The van der Waals surface area contributed by atoms with Crippen molar-refractivity contribution in [3.63, 3.8) is 0 Å². The van der Waals surface area contributed by atoms with Gasteiger partial charge in [-0.25, -0.2) is 4.98 Å². The number of hydrogen-bond acceptors (Lipinski definition) is 9. The van der Waals surface area contributed by atoms with Gasteiger partial charge in [0.25, 0.3) is 0 Å². The lowest BCUT2D eigenvalue weighted by atomic mass is 10.0. The molecule has 0 radical (unpaired) electrons. The minimum Gasteiger partial charge on any atom is -0.508 e. The van der Waals surface area contributed by atoms with Gasteiger partial charge < -0.3 is 29.8 Å². The first-order chi connectivity index (χ1) is 19.0. The molecule has 6 rings (SSSR count). The second-order valence-corrected chi connectivity index (χ2v) is 10.7. The number of fused-ring (bicyclic) bond motifs is 2. The topological polar surface area (TPSA) is 99.5 Å². The van der Waals surface area contributed by atoms with Gasteiger partial charge in [-0.2, -0.15) is 4.98 Å². The van der Waals surface area contributed by atoms with Crippen molar-refractivity contribution in [2.45, 2.75) is 19.9 Å². The number of phenols is 1. The maximum atomic E-state index is 11.9. The number of aliphatic hydroxyl groups is 1. The van der Waals surface area contributed by atoms with Crippen molar-refractivity contribution in [3.05, 3.63) is 47.7 Å². The van der Waals surface area contributed by atoms with E-state index in [1.165, 1.54) is 5.56 Å². The Labute approximate surface area is 229 Å². The molecule has 0 atom stereocenters. The van der Waals surface area contributed by atoms with Crippen molar-refractivity contribution >= 4 is 34.1 Å². The molecule has 0 spiro atoms. The number of aromatic hydroxyl groups is 1. The monoisotopic (exact) mass is 531 g/mol. The van der Waals surface area contributed by atoms with Crippen LogP contribution in [0.1, 0.15) is 18.2 Å². The quantitative estimate of drug-likeness (QED) is 0.510. The highest BCUT2D eigenvalue weighted by Crippen LogP contribution is 2.36. The van der Waals surface area contributed by atoms with E-state index in [0.29, 0.717) is 26.2 Å². The number of aliphatic hydroxyl groups excluding tert-OH is 1. The minimum atomic E-state index is 0.120. The van der Waals surface area contributed by atoms with Gasteiger partial charge in [0.2, 0.25) is 11.9 Å². The number of piperazine rings is 2. The number of β-amino-alcohol motifs (C(OH)–C–C–N with tert-alkyl or cyclic N) is 1. The Bertz CT molecular complexity index is 1350. The van der Waals surface area contributed by atoms with Gasteiger partial charge in [-0.1, -0.05) is 24.3 Å². The number of aromatic nitrogens is 2. The van der Waals surface area contributed by atoms with Crippen molar-refractivity contribution in [3.8, 4) is 5.75 Å². The molecule has 0 aliphatic carbocycles. The van der Waals surface area contributed by atoms with Gasteiger partial charge in [0, 0.05) is 95.1 Å². The van der Waals surface area contributed by atoms with E-state index in [1.807, 2.05) is 35.2 Å². The summed E-state index contributed by atoms with van der Waals surface area (Å²) in [6, 6.07) is 11.8. The van der Waals surface area contributed by atoms with Crippen molar-refractivity contribution in [1.29, 1.82) is 0 Å². The average molecular weight is 532 g/mol. The van der Waals surface area contributed by atoms with Crippen molar-refractivity contribution in [2.24, 2.45) is 0 Å². The lowest BCUT2D eigenvalue weighted by Gasteiger charge is -2.39. The molecule has 3 aliphatic heterocycles. The summed E-state index contributed by atoms with van der Waals surface area (Å²) in [7, 11) is 0. The molecule has 2 N–H and O–H groups in total. The molecule has 0 unspecified atom stereocenters. The lowest BCUT2D eigenvalue weighted by molar-refractivity contribution is -0.129. The Morgan fingerprint density at radius 2 is 1.64 bits per heavy atom. The molecule has 0 bridgehead atoms. The van der Waals surface area contributed by atoms with Gasteiger partial charge in [0.15, 0.2) is 0 Å². The summed E-state index contributed by atoms with van der Waals surface area (Å²) >= 11 is 0. The first kappa shape index (κ1) is 25.6. The molecular weight excluding hydrogens is 494 g/mol. The highest BCUT2D eigenvalue weighted by molar-refractivity contribution is 5.95. The van der Waals surface area contributed by atoms with Gasteiger partial charge in [-0.05, 0) is 17.9 Å². The highest BCUT2D eigenvalue weighted by atomic mass is 16.3. The van der Waals surface area contributed by atoms with E-state index in [0.717, 1.165) is 86.2 Å². The van der Waals surface area contributed by atoms with Crippen LogP contribution in [0.4, 0.5) is 17.5 Å². The summed E-state index contributed by atoms with van der Waals surface area (Å²) in [5.41, 5.74) is 3.24. The first-order valence-electron chi connectivity index (χ1n) is 14.0. The molecule has 0 saturated carbocycles. The summed E-state index contributed by atoms with van der Waals surface area (Å²) < 4.78 is 0. The Morgan fingerprint density at radius 3 is 2.38 bits per heavy atom. The van der Waals surface area contributed by atoms with E-state index in [-0.39, 0.29) is 18.3 Å². The van der Waals surface area contributed by atoms with E-state index in [4.69, 9.17) is 9.97 Å². The molecule has 1 aromatic heterocycles. The number of anilines is 3. The summed E-state index contributed by atoms with van der Waals surface area (Å²) in [6.07, 6.45) is 0.812. The van der Waals surface area contributed by atoms with E-state index >= 15 is 0 Å². The molecular formula is C29H37N7O3. The van der Waals surface area contributed by atoms with Gasteiger partial charge in [-0.3, -0.25) is 9.69 Å². The molecule has 3 aliphatic rings. The SMILES string of the molecule is CC(=O)N1CCN(c2nc(N3CCN(CCO)CC3)nc3c2CCN(c2cc(O)cc4ccccc24)C3)CC1. The number of carbonyl (C=O) groups is 1. The Hall–Kier alpha value is -3.63. The largest absolute Gasteiger partial charge is 0.508 e. The van der Waals surface area contributed by atoms with Crippen molar-refractivity contribution < 1.29 is 15.0 Å². The van der Waals surface area contributed by atoms with Crippen LogP contribution in [0.15, 0.2) is 36.4 Å². The second kappa shape index (κ2) is 10.9. The zero-order chi connectivity index (χ0) is 26.9. The van der Waals surface area contributed by atoms with E-state index in [2.05, 4.69) is 25.7 Å². The minimum absolute atomic E-state index is 0.120. The standard InChI is InChI=1S/C29H37N7O3/c1-21(38)33-12-14-34(15-13-33)28-25-6-7-36(27-19-23(39)18-22-4-2-3-5-24(22)27)20-26(25)30-29(31-28)35-10-8-32(9-11-35)16-17-37/h2-5,18-19,37,39H,6-17,20H2,1H3. The molecule has 3 aromatic rings. The zero-order valence-corrected chi connectivity index (χ0v) is 22.6. The normalized spacial score (nSPS) is 18.5. The van der Waals surface area contributed by atoms with Crippen LogP contribution in [0.3, 0.4) is 0 Å². The van der Waals surface area contributed by atoms with Gasteiger partial charge in [-0.15, -0.1) is 0 Å². The summed E-state index contributed by atoms with van der Waals surface area (Å²) in [5.74, 6) is 2.14. The third kappa shape index (κ3) is 5.18. The van der Waals surface area contributed by atoms with Crippen molar-refractivity contribution in [2.75, 3.05) is 86.8 Å². The molecule has 2 saturated heterocycles. The number of rotatable bonds is 5. The molecule has 206 valence electrons. The molecule has 10 heteroatoms. The molecule has 2 aromatic carbocycles. The lowest BCUT2D eigenvalue weighted by Crippen LogP contribution is -2.50. The van der Waals surface area contributed by atoms with Gasteiger partial charge in [0.05, 0.1) is 18.8 Å². The molecule has 4 heterocycles. The van der Waals surface area contributed by atoms with Crippen LogP contribution in [0.25, 0.3) is 10.8 Å². The fourth-order valence-corrected chi connectivity index (χ4v) is 6.09. The third-order valence-electron chi connectivity index (χ3n) is 8.29. The maximum Gasteiger partial charge on any atom is 0.227 e. The predicted molar refractivity (Wildman–Crippen MR) is 153 cm³/mol. The Balaban J connectivity index is 1.33. The number of carbonyl (C=O) groups excluding carboxylic acids is 1. The fourth-order valence-electron chi connectivity index (χ4n) is 6.09. The highest BCUT2D eigenvalue weighted by Gasteiger charge is 2.30. The number of hydrogen-bond donors (Lipinski definition) is 2. The van der Waals surface area contributed by atoms with Crippen LogP contribution in [0.5, 0.6) is 5.75 Å². The zero-order valence-electron chi connectivity index (χ0n) is 22.6. The maximum absolute atomic E-state index is 11.9. The Kier molecular flexibility index (Phi) is 7.14. The average Bonchev–Trinajstić information content (AvgIpc) is 2.96. The number of amides is 1. The molecule has 10 nitrogen and oxygen atoms in total. The van der Waals surface area contributed by atoms with Crippen LogP contribution in [0, 0.1) is 0 Å². The Morgan fingerprint density at radius 1 is 0.897 bits per heavy atom. The van der Waals surface area contributed by atoms with E-state index in [1.54, 1.807) is 6.92 Å². The number of phenolic OH excluding ortho intramolecular Hbond substituents is 1. The number of nitrogens with zero attached hydrogens (tertiary/aromatic N) is 7. The van der Waals surface area contributed by atoms with Crippen LogP contribution in [-0.2, 0) is 17.8 Å².